The molecule has 1 aliphatic rings. The molecule has 2 heterocycles. The Morgan fingerprint density at radius 1 is 1.42 bits per heavy atom. The number of fused-ring (bicyclic) bond motifs is 1. The second kappa shape index (κ2) is 6.04. The van der Waals surface area contributed by atoms with Gasteiger partial charge in [0.15, 0.2) is 0 Å². The molecule has 1 fully saturated rings. The molecule has 19 heavy (non-hydrogen) atoms. The van der Waals surface area contributed by atoms with Crippen LogP contribution in [0, 0.1) is 5.92 Å². The number of thiophene rings is 1. The fourth-order valence-electron chi connectivity index (χ4n) is 2.93. The number of ether oxygens (including phenoxy) is 1. The van der Waals surface area contributed by atoms with Crippen LogP contribution in [0.15, 0.2) is 29.6 Å². The molecule has 1 aromatic heterocycles. The van der Waals surface area contributed by atoms with E-state index in [4.69, 9.17) is 4.74 Å². The largest absolute Gasteiger partial charge is 0.381 e. The van der Waals surface area contributed by atoms with Crippen molar-refractivity contribution in [1.82, 2.24) is 5.32 Å². The predicted molar refractivity (Wildman–Crippen MR) is 81.9 cm³/mol. The van der Waals surface area contributed by atoms with Crippen molar-refractivity contribution in [1.29, 1.82) is 0 Å². The highest BCUT2D eigenvalue weighted by Crippen LogP contribution is 2.28. The Morgan fingerprint density at radius 3 is 3.11 bits per heavy atom. The van der Waals surface area contributed by atoms with E-state index in [0.29, 0.717) is 6.04 Å². The third-order valence-electron chi connectivity index (χ3n) is 4.08. The highest BCUT2D eigenvalue weighted by molar-refractivity contribution is 7.17. The first-order valence-electron chi connectivity index (χ1n) is 7.07. The van der Waals surface area contributed by atoms with Crippen molar-refractivity contribution >= 4 is 21.4 Å². The molecular weight excluding hydrogens is 254 g/mol. The van der Waals surface area contributed by atoms with Crippen molar-refractivity contribution in [3.8, 4) is 0 Å². The van der Waals surface area contributed by atoms with Gasteiger partial charge in [-0.25, -0.2) is 0 Å². The number of benzene rings is 1. The van der Waals surface area contributed by atoms with Gasteiger partial charge in [-0.1, -0.05) is 18.2 Å². The third kappa shape index (κ3) is 2.99. The van der Waals surface area contributed by atoms with Crippen LogP contribution in [0.4, 0.5) is 0 Å². The number of likely N-dealkylation sites (N-methyl/N-ethyl adjacent to an activating group) is 1. The zero-order chi connectivity index (χ0) is 13.1. The van der Waals surface area contributed by atoms with Crippen LogP contribution in [0.2, 0.25) is 0 Å². The zero-order valence-corrected chi connectivity index (χ0v) is 12.2. The second-order valence-electron chi connectivity index (χ2n) is 5.41. The van der Waals surface area contributed by atoms with Gasteiger partial charge in [-0.2, -0.15) is 0 Å². The summed E-state index contributed by atoms with van der Waals surface area (Å²) < 4.78 is 6.88. The van der Waals surface area contributed by atoms with E-state index in [9.17, 15) is 0 Å². The zero-order valence-electron chi connectivity index (χ0n) is 11.4. The summed E-state index contributed by atoms with van der Waals surface area (Å²) in [7, 11) is 2.08. The van der Waals surface area contributed by atoms with Gasteiger partial charge in [-0.15, -0.1) is 11.3 Å². The molecule has 3 rings (SSSR count). The minimum absolute atomic E-state index is 0.560. The lowest BCUT2D eigenvalue weighted by Crippen LogP contribution is -2.30. The minimum atomic E-state index is 0.560. The first-order chi connectivity index (χ1) is 9.36. The number of hydrogen-bond acceptors (Lipinski definition) is 3. The summed E-state index contributed by atoms with van der Waals surface area (Å²) in [6, 6.07) is 9.27. The molecule has 102 valence electrons. The second-order valence-corrected chi connectivity index (χ2v) is 6.32. The van der Waals surface area contributed by atoms with E-state index in [1.165, 1.54) is 28.5 Å². The van der Waals surface area contributed by atoms with Gasteiger partial charge in [0, 0.05) is 24.0 Å². The first-order valence-corrected chi connectivity index (χ1v) is 7.95. The smallest absolute Gasteiger partial charge is 0.0495 e. The van der Waals surface area contributed by atoms with E-state index in [2.05, 4.69) is 42.0 Å². The van der Waals surface area contributed by atoms with E-state index in [-0.39, 0.29) is 0 Å². The molecule has 2 unspecified atom stereocenters. The molecule has 1 aromatic carbocycles. The maximum atomic E-state index is 5.48. The maximum Gasteiger partial charge on any atom is 0.0495 e. The molecule has 2 aromatic rings. The van der Waals surface area contributed by atoms with E-state index in [0.717, 1.165) is 25.6 Å². The molecule has 3 heteroatoms. The fourth-order valence-corrected chi connectivity index (χ4v) is 3.91. The average Bonchev–Trinajstić information content (AvgIpc) is 3.08. The number of hydrogen-bond donors (Lipinski definition) is 1. The average molecular weight is 275 g/mol. The molecule has 2 atom stereocenters. The van der Waals surface area contributed by atoms with Crippen LogP contribution in [0.5, 0.6) is 0 Å². The van der Waals surface area contributed by atoms with Gasteiger partial charge in [0.2, 0.25) is 0 Å². The summed E-state index contributed by atoms with van der Waals surface area (Å²) in [4.78, 5) is 0. The van der Waals surface area contributed by atoms with Crippen molar-refractivity contribution < 1.29 is 4.74 Å². The molecule has 1 aliphatic heterocycles. The molecule has 1 saturated heterocycles. The lowest BCUT2D eigenvalue weighted by Gasteiger charge is -2.19. The Kier molecular flexibility index (Phi) is 4.16. The van der Waals surface area contributed by atoms with Crippen LogP contribution < -0.4 is 5.32 Å². The standard InChI is InChI=1S/C16H21NOS/c1-17-14(8-12-6-7-18-10-12)9-13-11-19-16-5-3-2-4-15(13)16/h2-5,11-12,14,17H,6-10H2,1H3. The van der Waals surface area contributed by atoms with Gasteiger partial charge >= 0.3 is 0 Å². The van der Waals surface area contributed by atoms with Crippen LogP contribution >= 0.6 is 11.3 Å². The summed E-state index contributed by atoms with van der Waals surface area (Å²) in [6.07, 6.45) is 3.57. The van der Waals surface area contributed by atoms with Crippen LogP contribution in [-0.2, 0) is 11.2 Å². The maximum absolute atomic E-state index is 5.48. The van der Waals surface area contributed by atoms with Gasteiger partial charge in [0.1, 0.15) is 0 Å². The Labute approximate surface area is 118 Å². The summed E-state index contributed by atoms with van der Waals surface area (Å²) in [5, 5.41) is 7.23. The van der Waals surface area contributed by atoms with E-state index in [1.54, 1.807) is 0 Å². The molecule has 0 saturated carbocycles. The van der Waals surface area contributed by atoms with Gasteiger partial charge < -0.3 is 10.1 Å². The Bertz CT molecular complexity index is 530. The van der Waals surface area contributed by atoms with Crippen molar-refractivity contribution in [2.75, 3.05) is 20.3 Å². The van der Waals surface area contributed by atoms with E-state index in [1.807, 2.05) is 11.3 Å². The van der Waals surface area contributed by atoms with Crippen molar-refractivity contribution in [2.24, 2.45) is 5.92 Å². The first kappa shape index (κ1) is 13.1. The Morgan fingerprint density at radius 2 is 2.32 bits per heavy atom. The molecular formula is C16H21NOS. The lowest BCUT2D eigenvalue weighted by atomic mass is 9.94. The van der Waals surface area contributed by atoms with Gasteiger partial charge in [-0.05, 0) is 54.6 Å². The van der Waals surface area contributed by atoms with Gasteiger partial charge in [0.05, 0.1) is 0 Å². The molecule has 1 N–H and O–H groups in total. The Balaban J connectivity index is 1.71. The van der Waals surface area contributed by atoms with Gasteiger partial charge in [-0.3, -0.25) is 0 Å². The van der Waals surface area contributed by atoms with Crippen molar-refractivity contribution in [3.05, 3.63) is 35.2 Å². The molecule has 0 aliphatic carbocycles. The van der Waals surface area contributed by atoms with Crippen LogP contribution in [-0.4, -0.2) is 26.3 Å². The van der Waals surface area contributed by atoms with E-state index < -0.39 is 0 Å². The van der Waals surface area contributed by atoms with Gasteiger partial charge in [0.25, 0.3) is 0 Å². The number of rotatable bonds is 5. The quantitative estimate of drug-likeness (QED) is 0.902. The summed E-state index contributed by atoms with van der Waals surface area (Å²) in [6.45, 7) is 1.89. The fraction of sp³-hybridized carbons (Fsp3) is 0.500. The highest BCUT2D eigenvalue weighted by atomic mass is 32.1. The highest BCUT2D eigenvalue weighted by Gasteiger charge is 2.20. The topological polar surface area (TPSA) is 21.3 Å². The number of nitrogens with one attached hydrogen (secondary N) is 1. The molecule has 2 nitrogen and oxygen atoms in total. The van der Waals surface area contributed by atoms with Crippen LogP contribution in [0.1, 0.15) is 18.4 Å². The van der Waals surface area contributed by atoms with Crippen molar-refractivity contribution in [3.63, 3.8) is 0 Å². The van der Waals surface area contributed by atoms with E-state index >= 15 is 0 Å². The Hall–Kier alpha value is -0.900. The molecule has 0 bridgehead atoms. The minimum Gasteiger partial charge on any atom is -0.381 e. The summed E-state index contributed by atoms with van der Waals surface area (Å²) in [5.41, 5.74) is 1.49. The molecule has 0 amide bonds. The molecule has 0 spiro atoms. The van der Waals surface area contributed by atoms with Crippen LogP contribution in [0.3, 0.4) is 0 Å². The predicted octanol–water partition coefficient (Wildman–Crippen LogP) is 3.46. The summed E-state index contributed by atoms with van der Waals surface area (Å²) in [5.74, 6) is 0.738. The van der Waals surface area contributed by atoms with Crippen molar-refractivity contribution in [2.45, 2.75) is 25.3 Å². The normalized spacial score (nSPS) is 21.0. The third-order valence-corrected chi connectivity index (χ3v) is 5.09. The molecule has 0 radical (unpaired) electrons. The SMILES string of the molecule is CNC(Cc1csc2ccccc12)CC1CCOC1. The lowest BCUT2D eigenvalue weighted by molar-refractivity contribution is 0.181. The summed E-state index contributed by atoms with van der Waals surface area (Å²) >= 11 is 1.86. The van der Waals surface area contributed by atoms with Crippen LogP contribution in [0.25, 0.3) is 10.1 Å². The monoisotopic (exact) mass is 275 g/mol.